The standard InChI is InChI=1S/CN.Cs.Cu.W/c1-2;;;. The molecule has 0 N–H and O–H groups in total. The summed E-state index contributed by atoms with van der Waals surface area (Å²) in [5.41, 5.74) is 0. The topological polar surface area (TPSA) is 23.8 Å². The number of hydrogen-bond donors (Lipinski definition) is 0. The van der Waals surface area contributed by atoms with Crippen LogP contribution in [0.15, 0.2) is 0 Å². The van der Waals surface area contributed by atoms with E-state index in [1.54, 1.807) is 0 Å². The summed E-state index contributed by atoms with van der Waals surface area (Å²) in [6.07, 6.45) is 0. The van der Waals surface area contributed by atoms with Crippen molar-refractivity contribution in [1.29, 1.82) is 5.26 Å². The van der Waals surface area contributed by atoms with E-state index in [4.69, 9.17) is 5.26 Å². The van der Waals surface area contributed by atoms with E-state index < -0.39 is 0 Å². The average molecular weight is 406 g/mol. The third kappa shape index (κ3) is 20.1. The Kier molecular flexibility index (Phi) is 49.7. The molecule has 0 aliphatic heterocycles. The van der Waals surface area contributed by atoms with Crippen molar-refractivity contribution >= 4 is 68.9 Å². The van der Waals surface area contributed by atoms with E-state index in [0.717, 1.165) is 0 Å². The number of nitrogens with zero attached hydrogens (tertiary/aromatic N) is 1. The molecule has 0 aromatic rings. The quantitative estimate of drug-likeness (QED) is 0.504. The summed E-state index contributed by atoms with van der Waals surface area (Å²) >= 11 is 3.81. The smallest absolute Gasteiger partial charge is 0 e. The number of nitriles is 1. The van der Waals surface area contributed by atoms with Crippen molar-refractivity contribution in [3.63, 3.8) is 0 Å². The van der Waals surface area contributed by atoms with Crippen molar-refractivity contribution in [3.8, 4) is 4.97 Å². The van der Waals surface area contributed by atoms with E-state index in [2.05, 4.69) is 16.0 Å². The maximum Gasteiger partial charge on any atom is 0 e. The summed E-state index contributed by atoms with van der Waals surface area (Å²) in [7, 11) is 0. The molecule has 0 spiro atoms. The molecule has 27 valence electrons. The summed E-state index contributed by atoms with van der Waals surface area (Å²) in [5, 5.41) is 7.12. The minimum Gasteiger partial charge on any atom is 0 e. The van der Waals surface area contributed by atoms with Gasteiger partial charge in [0.05, 0.1) is 0 Å². The molecule has 0 saturated heterocycles. The molecule has 0 saturated carbocycles. The second-order valence-corrected chi connectivity index (χ2v) is 0.278. The van der Waals surface area contributed by atoms with Gasteiger partial charge in [0, 0.05) is 90.0 Å². The molecular formula is CCsCuNW. The molecule has 0 atom stereocenters. The van der Waals surface area contributed by atoms with Gasteiger partial charge in [-0.3, -0.25) is 0 Å². The van der Waals surface area contributed by atoms with Crippen LogP contribution in [0.2, 0.25) is 0 Å². The second-order valence-electron chi connectivity index (χ2n) is 0.0674. The molecule has 0 aromatic heterocycles. The first-order valence-corrected chi connectivity index (χ1v) is 0.845. The van der Waals surface area contributed by atoms with Crippen LogP contribution >= 0.6 is 0 Å². The van der Waals surface area contributed by atoms with Crippen molar-refractivity contribution < 1.29 is 37.1 Å². The number of rotatable bonds is 0. The molecule has 0 aromatic carbocycles. The Labute approximate surface area is 113 Å². The third-order valence-corrected chi connectivity index (χ3v) is 0. The molecule has 0 unspecified atom stereocenters. The fourth-order valence-corrected chi connectivity index (χ4v) is 0. The fourth-order valence-electron chi connectivity index (χ4n) is 0. The molecule has 0 amide bonds. The van der Waals surface area contributed by atoms with E-state index in [1.165, 1.54) is 4.97 Å². The molecule has 5 heavy (non-hydrogen) atoms. The van der Waals surface area contributed by atoms with Gasteiger partial charge in [0.25, 0.3) is 0 Å². The Morgan fingerprint density at radius 1 is 1.60 bits per heavy atom. The minimum absolute atomic E-state index is 0. The van der Waals surface area contributed by atoms with Gasteiger partial charge in [-0.15, -0.1) is 0 Å². The van der Waals surface area contributed by atoms with Crippen molar-refractivity contribution in [2.24, 2.45) is 0 Å². The Morgan fingerprint density at radius 3 is 1.60 bits per heavy atom. The summed E-state index contributed by atoms with van der Waals surface area (Å²) in [6.45, 7) is 0. The van der Waals surface area contributed by atoms with E-state index in [9.17, 15) is 0 Å². The summed E-state index contributed by atoms with van der Waals surface area (Å²) in [6, 6.07) is 0. The second kappa shape index (κ2) is 15.9. The Hall–Kier alpha value is 2.75. The molecule has 0 heterocycles. The Morgan fingerprint density at radius 2 is 1.60 bits per heavy atom. The predicted molar refractivity (Wildman–Crippen MR) is 11.4 cm³/mol. The van der Waals surface area contributed by atoms with Crippen LogP contribution in [-0.4, -0.2) is 68.9 Å². The first kappa shape index (κ1) is 15.7. The van der Waals surface area contributed by atoms with Crippen molar-refractivity contribution in [2.45, 2.75) is 0 Å². The van der Waals surface area contributed by atoms with Crippen LogP contribution in [0.1, 0.15) is 0 Å². The van der Waals surface area contributed by atoms with Crippen LogP contribution in [0.4, 0.5) is 0 Å². The van der Waals surface area contributed by atoms with Gasteiger partial charge in [-0.25, -0.2) is 0 Å². The molecule has 0 fully saturated rings. The average Bonchev–Trinajstić information content (AvgIpc) is 0.918. The maximum absolute atomic E-state index is 7.12. The largest absolute Gasteiger partial charge is 0 e. The van der Waals surface area contributed by atoms with E-state index in [-0.39, 0.29) is 90.0 Å². The van der Waals surface area contributed by atoms with E-state index in [0.29, 0.717) is 0 Å². The number of hydrogen-bond acceptors (Lipinski definition) is 1. The molecule has 0 rings (SSSR count). The molecule has 1 nitrogen and oxygen atoms in total. The maximum atomic E-state index is 7.12. The van der Waals surface area contributed by atoms with Gasteiger partial charge >= 0.3 is 26.2 Å². The Bertz CT molecular complexity index is 33.1. The van der Waals surface area contributed by atoms with Crippen molar-refractivity contribution in [3.05, 3.63) is 0 Å². The summed E-state index contributed by atoms with van der Waals surface area (Å²) in [5.74, 6) is 0. The predicted octanol–water partition coefficient (Wildman–Crippen LogP) is -0.369. The van der Waals surface area contributed by atoms with Gasteiger partial charge in [0.2, 0.25) is 0 Å². The normalized spacial score (nSPS) is 1.80. The van der Waals surface area contributed by atoms with Crippen LogP contribution < -0.4 is 0 Å². The van der Waals surface area contributed by atoms with Gasteiger partial charge in [0.1, 0.15) is 0 Å². The van der Waals surface area contributed by atoms with Crippen molar-refractivity contribution in [1.82, 2.24) is 0 Å². The van der Waals surface area contributed by atoms with E-state index in [1.807, 2.05) is 0 Å². The van der Waals surface area contributed by atoms with Crippen LogP contribution in [0.3, 0.4) is 0 Å². The van der Waals surface area contributed by atoms with Crippen LogP contribution in [0, 0.1) is 10.2 Å². The molecule has 4 heteroatoms. The molecule has 0 aliphatic rings. The minimum atomic E-state index is 0. The van der Waals surface area contributed by atoms with Gasteiger partial charge in [-0.1, -0.05) is 0 Å². The van der Waals surface area contributed by atoms with Crippen LogP contribution in [-0.2, 0) is 37.1 Å². The van der Waals surface area contributed by atoms with E-state index >= 15 is 0 Å². The molecule has 1 radical (unpaired) electrons. The first-order chi connectivity index (χ1) is 1.41. The summed E-state index contributed by atoms with van der Waals surface area (Å²) in [4.78, 5) is 1.31. The monoisotopic (exact) mass is 406 g/mol. The van der Waals surface area contributed by atoms with Gasteiger partial charge in [0.15, 0.2) is 0 Å². The molecule has 0 aliphatic carbocycles. The van der Waals surface area contributed by atoms with Crippen molar-refractivity contribution in [2.75, 3.05) is 0 Å². The first-order valence-electron chi connectivity index (χ1n) is 0.374. The Balaban J connectivity index is -0.0000000200. The fraction of sp³-hybridized carbons (Fsp3) is 0. The zero-order chi connectivity index (χ0) is 2.71. The van der Waals surface area contributed by atoms with Crippen LogP contribution in [0.25, 0.3) is 0 Å². The third-order valence-electron chi connectivity index (χ3n) is 0. The van der Waals surface area contributed by atoms with Gasteiger partial charge < -0.3 is 0 Å². The molecule has 0 bridgehead atoms. The van der Waals surface area contributed by atoms with Gasteiger partial charge in [-0.05, 0) is 0 Å². The SMILES string of the molecule is N#[C][Cu].[Cs].[W]. The zero-order valence-electron chi connectivity index (χ0n) is 2.66. The van der Waals surface area contributed by atoms with Crippen LogP contribution in [0.5, 0.6) is 0 Å². The summed E-state index contributed by atoms with van der Waals surface area (Å²) < 4.78 is 0. The zero-order valence-corrected chi connectivity index (χ0v) is 12.8. The van der Waals surface area contributed by atoms with Gasteiger partial charge in [-0.2, -0.15) is 0 Å². The molecular weight excluding hydrogens is 406 g/mol.